The van der Waals surface area contributed by atoms with Gasteiger partial charge in [-0.3, -0.25) is 4.90 Å². The third-order valence-electron chi connectivity index (χ3n) is 4.51. The van der Waals surface area contributed by atoms with Crippen LogP contribution in [0.25, 0.3) is 11.4 Å². The number of rotatable bonds is 6. The lowest BCUT2D eigenvalue weighted by molar-refractivity contribution is 0.233. The van der Waals surface area contributed by atoms with Crippen LogP contribution in [0.4, 0.5) is 0 Å². The van der Waals surface area contributed by atoms with Crippen LogP contribution in [0.5, 0.6) is 5.75 Å². The lowest BCUT2D eigenvalue weighted by atomic mass is 10.1. The lowest BCUT2D eigenvalue weighted by Crippen LogP contribution is -2.26. The van der Waals surface area contributed by atoms with Gasteiger partial charge in [0.05, 0.1) is 5.92 Å². The first-order valence-electron chi connectivity index (χ1n) is 8.68. The number of para-hydroxylation sites is 1. The van der Waals surface area contributed by atoms with Gasteiger partial charge in [0.1, 0.15) is 12.4 Å². The van der Waals surface area contributed by atoms with Crippen molar-refractivity contribution in [3.8, 4) is 17.1 Å². The summed E-state index contributed by atoms with van der Waals surface area (Å²) >= 11 is 0. The molecule has 2 aromatic carbocycles. The number of nitrogens with zero attached hydrogens (tertiary/aromatic N) is 3. The highest BCUT2D eigenvalue weighted by Gasteiger charge is 2.28. The van der Waals surface area contributed by atoms with Crippen LogP contribution in [0.2, 0.25) is 0 Å². The van der Waals surface area contributed by atoms with Gasteiger partial charge >= 0.3 is 0 Å². The number of hydrogen-bond donors (Lipinski definition) is 0. The Bertz CT molecular complexity index is 789. The molecule has 0 unspecified atom stereocenters. The van der Waals surface area contributed by atoms with Crippen molar-refractivity contribution in [1.29, 1.82) is 0 Å². The zero-order chi connectivity index (χ0) is 16.9. The van der Waals surface area contributed by atoms with Crippen LogP contribution in [0, 0.1) is 0 Å². The van der Waals surface area contributed by atoms with Gasteiger partial charge in [0.15, 0.2) is 0 Å². The van der Waals surface area contributed by atoms with Gasteiger partial charge in [-0.15, -0.1) is 0 Å². The molecule has 2 heterocycles. The molecule has 3 aromatic rings. The second-order valence-electron chi connectivity index (χ2n) is 6.27. The molecule has 1 atom stereocenters. The number of aromatic nitrogens is 2. The van der Waals surface area contributed by atoms with E-state index in [9.17, 15) is 0 Å². The van der Waals surface area contributed by atoms with Gasteiger partial charge in [0.2, 0.25) is 11.7 Å². The van der Waals surface area contributed by atoms with Crippen LogP contribution in [0.3, 0.4) is 0 Å². The summed E-state index contributed by atoms with van der Waals surface area (Å²) in [4.78, 5) is 6.98. The summed E-state index contributed by atoms with van der Waals surface area (Å²) in [6, 6.07) is 19.9. The van der Waals surface area contributed by atoms with Crippen LogP contribution >= 0.6 is 0 Å². The third kappa shape index (κ3) is 3.88. The number of hydrogen-bond acceptors (Lipinski definition) is 5. The lowest BCUT2D eigenvalue weighted by Gasteiger charge is -2.15. The summed E-state index contributed by atoms with van der Waals surface area (Å²) in [5, 5.41) is 4.13. The topological polar surface area (TPSA) is 51.4 Å². The van der Waals surface area contributed by atoms with Gasteiger partial charge in [-0.2, -0.15) is 4.98 Å². The molecular weight excluding hydrogens is 314 g/mol. The largest absolute Gasteiger partial charge is 0.492 e. The summed E-state index contributed by atoms with van der Waals surface area (Å²) in [5.41, 5.74) is 0.989. The summed E-state index contributed by atoms with van der Waals surface area (Å²) in [6.45, 7) is 3.57. The SMILES string of the molecule is c1ccc(OCCN2CC[C@@H](c3nc(-c4ccccc4)no3)C2)cc1. The fraction of sp³-hybridized carbons (Fsp3) is 0.300. The zero-order valence-electron chi connectivity index (χ0n) is 14.0. The second kappa shape index (κ2) is 7.49. The molecule has 25 heavy (non-hydrogen) atoms. The van der Waals surface area contributed by atoms with Crippen molar-refractivity contribution in [1.82, 2.24) is 15.0 Å². The molecule has 128 valence electrons. The Morgan fingerprint density at radius 1 is 1.04 bits per heavy atom. The fourth-order valence-electron chi connectivity index (χ4n) is 3.15. The molecule has 0 bridgehead atoms. The van der Waals surface area contributed by atoms with Gasteiger partial charge in [0.25, 0.3) is 0 Å². The Balaban J connectivity index is 1.30. The molecule has 1 saturated heterocycles. The summed E-state index contributed by atoms with van der Waals surface area (Å²) < 4.78 is 11.3. The Kier molecular flexibility index (Phi) is 4.74. The normalized spacial score (nSPS) is 17.7. The number of benzene rings is 2. The summed E-state index contributed by atoms with van der Waals surface area (Å²) in [5.74, 6) is 2.64. The molecule has 0 N–H and O–H groups in total. The average Bonchev–Trinajstić information content (AvgIpc) is 3.33. The Morgan fingerprint density at radius 3 is 2.60 bits per heavy atom. The van der Waals surface area contributed by atoms with Crippen molar-refractivity contribution in [2.45, 2.75) is 12.3 Å². The molecule has 0 amide bonds. The van der Waals surface area contributed by atoms with Gasteiger partial charge in [-0.1, -0.05) is 53.7 Å². The minimum atomic E-state index is 0.307. The van der Waals surface area contributed by atoms with Crippen LogP contribution in [-0.4, -0.2) is 41.3 Å². The smallest absolute Gasteiger partial charge is 0.231 e. The molecule has 0 spiro atoms. The molecule has 1 aliphatic rings. The molecule has 5 heteroatoms. The van der Waals surface area contributed by atoms with Crippen LogP contribution < -0.4 is 4.74 Å². The van der Waals surface area contributed by atoms with E-state index in [1.54, 1.807) is 0 Å². The van der Waals surface area contributed by atoms with Crippen LogP contribution in [0.1, 0.15) is 18.2 Å². The van der Waals surface area contributed by atoms with Crippen LogP contribution in [0.15, 0.2) is 65.2 Å². The minimum Gasteiger partial charge on any atom is -0.492 e. The predicted octanol–water partition coefficient (Wildman–Crippen LogP) is 3.60. The van der Waals surface area contributed by atoms with Crippen molar-refractivity contribution < 1.29 is 9.26 Å². The third-order valence-corrected chi connectivity index (χ3v) is 4.51. The van der Waals surface area contributed by atoms with E-state index in [-0.39, 0.29) is 0 Å². The Hall–Kier alpha value is -2.66. The Morgan fingerprint density at radius 2 is 1.80 bits per heavy atom. The first-order chi connectivity index (χ1) is 12.4. The summed E-state index contributed by atoms with van der Waals surface area (Å²) in [7, 11) is 0. The quantitative estimate of drug-likeness (QED) is 0.689. The molecule has 1 aliphatic heterocycles. The molecule has 4 rings (SSSR count). The molecule has 0 saturated carbocycles. The maximum atomic E-state index is 5.78. The average molecular weight is 335 g/mol. The molecule has 5 nitrogen and oxygen atoms in total. The van der Waals surface area contributed by atoms with E-state index < -0.39 is 0 Å². The molecule has 1 aromatic heterocycles. The highest BCUT2D eigenvalue weighted by molar-refractivity contribution is 5.53. The first-order valence-corrected chi connectivity index (χ1v) is 8.68. The maximum absolute atomic E-state index is 5.78. The number of likely N-dealkylation sites (tertiary alicyclic amines) is 1. The minimum absolute atomic E-state index is 0.307. The fourth-order valence-corrected chi connectivity index (χ4v) is 3.15. The molecule has 1 fully saturated rings. The van der Waals surface area contributed by atoms with Crippen molar-refractivity contribution in [2.24, 2.45) is 0 Å². The monoisotopic (exact) mass is 335 g/mol. The second-order valence-corrected chi connectivity index (χ2v) is 6.27. The van der Waals surface area contributed by atoms with E-state index in [1.165, 1.54) is 0 Å². The maximum Gasteiger partial charge on any atom is 0.231 e. The van der Waals surface area contributed by atoms with Gasteiger partial charge in [-0.05, 0) is 25.1 Å². The predicted molar refractivity (Wildman–Crippen MR) is 95.5 cm³/mol. The summed E-state index contributed by atoms with van der Waals surface area (Å²) in [6.07, 6.45) is 1.04. The molecule has 0 aliphatic carbocycles. The molecular formula is C20H21N3O2. The van der Waals surface area contributed by atoms with Gasteiger partial charge < -0.3 is 9.26 Å². The van der Waals surface area contributed by atoms with E-state index in [0.29, 0.717) is 18.3 Å². The standard InChI is InChI=1S/C20H21N3O2/c1-3-7-16(8-4-1)19-21-20(25-22-19)17-11-12-23(15-17)13-14-24-18-9-5-2-6-10-18/h1-10,17H,11-15H2/t17-/m1/s1. The Labute approximate surface area is 147 Å². The van der Waals surface area contributed by atoms with E-state index >= 15 is 0 Å². The zero-order valence-corrected chi connectivity index (χ0v) is 14.0. The van der Waals surface area contributed by atoms with Gasteiger partial charge in [0, 0.05) is 18.7 Å². The number of ether oxygens (including phenoxy) is 1. The van der Waals surface area contributed by atoms with Crippen molar-refractivity contribution in [3.63, 3.8) is 0 Å². The highest BCUT2D eigenvalue weighted by atomic mass is 16.5. The van der Waals surface area contributed by atoms with E-state index in [4.69, 9.17) is 9.26 Å². The van der Waals surface area contributed by atoms with E-state index in [1.807, 2.05) is 60.7 Å². The van der Waals surface area contributed by atoms with Crippen LogP contribution in [-0.2, 0) is 0 Å². The first kappa shape index (κ1) is 15.8. The van der Waals surface area contributed by atoms with E-state index in [2.05, 4.69) is 15.0 Å². The van der Waals surface area contributed by atoms with Gasteiger partial charge in [-0.25, -0.2) is 0 Å². The van der Waals surface area contributed by atoms with E-state index in [0.717, 1.165) is 43.3 Å². The van der Waals surface area contributed by atoms with Crippen molar-refractivity contribution in [2.75, 3.05) is 26.2 Å². The van der Waals surface area contributed by atoms with Crippen molar-refractivity contribution >= 4 is 0 Å². The van der Waals surface area contributed by atoms with Crippen molar-refractivity contribution in [3.05, 3.63) is 66.6 Å². The molecule has 0 radical (unpaired) electrons. The highest BCUT2D eigenvalue weighted by Crippen LogP contribution is 2.27.